The third kappa shape index (κ3) is 6.52. The van der Waals surface area contributed by atoms with Crippen molar-refractivity contribution in [2.24, 2.45) is 5.92 Å². The van der Waals surface area contributed by atoms with Crippen LogP contribution in [0.2, 0.25) is 5.02 Å². The molecule has 2 heterocycles. The van der Waals surface area contributed by atoms with Crippen molar-refractivity contribution in [3.05, 3.63) is 53.1 Å². The fourth-order valence-electron chi connectivity index (χ4n) is 4.96. The maximum absolute atomic E-state index is 12.9. The average Bonchev–Trinajstić information content (AvgIpc) is 2.83. The van der Waals surface area contributed by atoms with E-state index in [0.29, 0.717) is 22.2 Å². The Morgan fingerprint density at radius 2 is 1.76 bits per heavy atom. The summed E-state index contributed by atoms with van der Waals surface area (Å²) in [5.74, 6) is 0.392. The Morgan fingerprint density at radius 3 is 2.44 bits per heavy atom. The Labute approximate surface area is 208 Å². The molecule has 2 aliphatic heterocycles. The molecule has 0 aromatic heterocycles. The molecule has 2 aromatic rings. The van der Waals surface area contributed by atoms with Crippen LogP contribution in [-0.4, -0.2) is 58.2 Å². The highest BCUT2D eigenvalue weighted by Gasteiger charge is 2.24. The number of likely N-dealkylation sites (tertiary alicyclic amines) is 1. The molecule has 4 rings (SSSR count). The predicted molar refractivity (Wildman–Crippen MR) is 139 cm³/mol. The molecule has 0 atom stereocenters. The van der Waals surface area contributed by atoms with Gasteiger partial charge in [-0.1, -0.05) is 24.1 Å². The molecule has 0 radical (unpaired) electrons. The van der Waals surface area contributed by atoms with Gasteiger partial charge >= 0.3 is 0 Å². The van der Waals surface area contributed by atoms with Crippen LogP contribution < -0.4 is 10.2 Å². The van der Waals surface area contributed by atoms with Crippen molar-refractivity contribution in [1.82, 2.24) is 4.90 Å². The molecule has 34 heavy (non-hydrogen) atoms. The Balaban J connectivity index is 1.46. The number of nitrogens with zero attached hydrogens (tertiary/aromatic N) is 2. The SMILES string of the molecule is CS(=O)(=O)c1ccc(N2CCC(CCN3CCCCC3)CC2)c(NC(=O)c2cccc(Cl)c2)c1. The van der Waals surface area contributed by atoms with Crippen molar-refractivity contribution >= 4 is 38.7 Å². The first-order valence-electron chi connectivity index (χ1n) is 12.2. The van der Waals surface area contributed by atoms with E-state index in [4.69, 9.17) is 11.6 Å². The van der Waals surface area contributed by atoms with Crippen molar-refractivity contribution in [2.75, 3.05) is 49.2 Å². The third-order valence-electron chi connectivity index (χ3n) is 6.99. The molecule has 0 spiro atoms. The zero-order valence-corrected chi connectivity index (χ0v) is 21.4. The van der Waals surface area contributed by atoms with Gasteiger partial charge in [-0.3, -0.25) is 4.79 Å². The quantitative estimate of drug-likeness (QED) is 0.570. The molecule has 8 heteroatoms. The average molecular weight is 504 g/mol. The third-order valence-corrected chi connectivity index (χ3v) is 8.33. The normalized spacial score (nSPS) is 18.1. The van der Waals surface area contributed by atoms with Crippen LogP contribution in [0.15, 0.2) is 47.4 Å². The minimum atomic E-state index is -3.40. The van der Waals surface area contributed by atoms with Gasteiger partial charge in [-0.2, -0.15) is 0 Å². The van der Waals surface area contributed by atoms with Crippen molar-refractivity contribution in [3.8, 4) is 0 Å². The molecule has 0 bridgehead atoms. The van der Waals surface area contributed by atoms with Crippen LogP contribution >= 0.6 is 11.6 Å². The first kappa shape index (κ1) is 25.0. The van der Waals surface area contributed by atoms with Gasteiger partial charge in [-0.05, 0) is 94.1 Å². The lowest BCUT2D eigenvalue weighted by molar-refractivity contribution is 0.102. The van der Waals surface area contributed by atoms with E-state index in [1.807, 2.05) is 6.07 Å². The Hall–Kier alpha value is -2.09. The van der Waals surface area contributed by atoms with Gasteiger partial charge in [0, 0.05) is 29.9 Å². The van der Waals surface area contributed by atoms with E-state index in [-0.39, 0.29) is 10.8 Å². The van der Waals surface area contributed by atoms with Gasteiger partial charge in [-0.15, -0.1) is 0 Å². The van der Waals surface area contributed by atoms with Crippen LogP contribution in [0.4, 0.5) is 11.4 Å². The highest BCUT2D eigenvalue weighted by atomic mass is 35.5. The van der Waals surface area contributed by atoms with Crippen molar-refractivity contribution in [2.45, 2.75) is 43.4 Å². The molecule has 1 amide bonds. The largest absolute Gasteiger partial charge is 0.370 e. The number of hydrogen-bond acceptors (Lipinski definition) is 5. The molecule has 2 saturated heterocycles. The van der Waals surface area contributed by atoms with E-state index in [1.165, 1.54) is 51.6 Å². The number of amides is 1. The summed E-state index contributed by atoms with van der Waals surface area (Å²) in [7, 11) is -3.40. The van der Waals surface area contributed by atoms with Crippen LogP contribution in [-0.2, 0) is 9.84 Å². The monoisotopic (exact) mass is 503 g/mol. The fraction of sp³-hybridized carbons (Fsp3) is 0.500. The predicted octanol–water partition coefficient (Wildman–Crippen LogP) is 5.09. The smallest absolute Gasteiger partial charge is 0.255 e. The summed E-state index contributed by atoms with van der Waals surface area (Å²) in [6.07, 6.45) is 8.63. The summed E-state index contributed by atoms with van der Waals surface area (Å²) >= 11 is 6.05. The van der Waals surface area contributed by atoms with E-state index in [2.05, 4.69) is 15.1 Å². The second-order valence-corrected chi connectivity index (χ2v) is 12.0. The van der Waals surface area contributed by atoms with Crippen LogP contribution in [0.5, 0.6) is 0 Å². The molecular formula is C26H34ClN3O3S. The maximum Gasteiger partial charge on any atom is 0.255 e. The van der Waals surface area contributed by atoms with Crippen LogP contribution in [0.1, 0.15) is 48.9 Å². The number of benzene rings is 2. The number of piperidine rings is 2. The highest BCUT2D eigenvalue weighted by Crippen LogP contribution is 2.33. The van der Waals surface area contributed by atoms with Crippen molar-refractivity contribution in [3.63, 3.8) is 0 Å². The summed E-state index contributed by atoms with van der Waals surface area (Å²) in [4.78, 5) is 18.0. The number of carbonyl (C=O) groups is 1. The summed E-state index contributed by atoms with van der Waals surface area (Å²) in [5.41, 5.74) is 1.80. The van der Waals surface area contributed by atoms with Gasteiger partial charge in [0.1, 0.15) is 0 Å². The van der Waals surface area contributed by atoms with Gasteiger partial charge in [0.05, 0.1) is 16.3 Å². The number of nitrogens with one attached hydrogen (secondary N) is 1. The molecular weight excluding hydrogens is 470 g/mol. The number of sulfone groups is 1. The lowest BCUT2D eigenvalue weighted by Crippen LogP contribution is -2.36. The molecule has 2 aliphatic rings. The van der Waals surface area contributed by atoms with Gasteiger partial charge in [-0.25, -0.2) is 8.42 Å². The zero-order chi connectivity index (χ0) is 24.1. The number of halogens is 1. The molecule has 2 fully saturated rings. The maximum atomic E-state index is 12.9. The molecule has 2 aromatic carbocycles. The number of hydrogen-bond donors (Lipinski definition) is 1. The summed E-state index contributed by atoms with van der Waals surface area (Å²) in [6.45, 7) is 5.45. The van der Waals surface area contributed by atoms with Gasteiger partial charge in [0.2, 0.25) is 0 Å². The van der Waals surface area contributed by atoms with E-state index in [1.54, 1.807) is 36.4 Å². The second kappa shape index (κ2) is 11.1. The van der Waals surface area contributed by atoms with Crippen LogP contribution in [0.3, 0.4) is 0 Å². The zero-order valence-electron chi connectivity index (χ0n) is 19.8. The van der Waals surface area contributed by atoms with Crippen LogP contribution in [0.25, 0.3) is 0 Å². The molecule has 184 valence electrons. The Morgan fingerprint density at radius 1 is 1.03 bits per heavy atom. The first-order chi connectivity index (χ1) is 16.3. The topological polar surface area (TPSA) is 69.7 Å². The molecule has 0 aliphatic carbocycles. The van der Waals surface area contributed by atoms with Gasteiger partial charge in [0.25, 0.3) is 5.91 Å². The standard InChI is InChI=1S/C26H34ClN3O3S/c1-34(32,33)23-8-9-25(24(19-23)28-26(31)21-6-5-7-22(27)18-21)30-16-11-20(12-17-30)10-15-29-13-3-2-4-14-29/h5-9,18-20H,2-4,10-17H2,1H3,(H,28,31). The van der Waals surface area contributed by atoms with E-state index < -0.39 is 9.84 Å². The number of anilines is 2. The molecule has 1 N–H and O–H groups in total. The summed E-state index contributed by atoms with van der Waals surface area (Å²) < 4.78 is 24.3. The lowest BCUT2D eigenvalue weighted by atomic mass is 9.92. The minimum absolute atomic E-state index is 0.189. The molecule has 0 saturated carbocycles. The van der Waals surface area contributed by atoms with E-state index >= 15 is 0 Å². The summed E-state index contributed by atoms with van der Waals surface area (Å²) in [6, 6.07) is 11.7. The fourth-order valence-corrected chi connectivity index (χ4v) is 5.79. The Bertz CT molecular complexity index is 1110. The van der Waals surface area contributed by atoms with Crippen LogP contribution in [0, 0.1) is 5.92 Å². The van der Waals surface area contributed by atoms with Gasteiger partial charge < -0.3 is 15.1 Å². The minimum Gasteiger partial charge on any atom is -0.370 e. The summed E-state index contributed by atoms with van der Waals surface area (Å²) in [5, 5.41) is 3.41. The van der Waals surface area contributed by atoms with Crippen molar-refractivity contribution < 1.29 is 13.2 Å². The first-order valence-corrected chi connectivity index (χ1v) is 14.4. The van der Waals surface area contributed by atoms with Crippen molar-refractivity contribution in [1.29, 1.82) is 0 Å². The Kier molecular flexibility index (Phi) is 8.17. The van der Waals surface area contributed by atoms with E-state index in [0.717, 1.165) is 31.6 Å². The number of carbonyl (C=O) groups excluding carboxylic acids is 1. The lowest BCUT2D eigenvalue weighted by Gasteiger charge is -2.36. The molecule has 6 nitrogen and oxygen atoms in total. The van der Waals surface area contributed by atoms with E-state index in [9.17, 15) is 13.2 Å². The number of rotatable bonds is 7. The highest BCUT2D eigenvalue weighted by molar-refractivity contribution is 7.90. The molecule has 0 unspecified atom stereocenters. The second-order valence-electron chi connectivity index (χ2n) is 9.54. The van der Waals surface area contributed by atoms with Gasteiger partial charge in [0.15, 0.2) is 9.84 Å².